The molecule has 0 saturated carbocycles. The summed E-state index contributed by atoms with van der Waals surface area (Å²) >= 11 is 2.88. The lowest BCUT2D eigenvalue weighted by Crippen LogP contribution is -2.36. The summed E-state index contributed by atoms with van der Waals surface area (Å²) in [6.07, 6.45) is 3.24. The number of nitrogens with one attached hydrogen (secondary N) is 1. The number of carbonyl (C=O) groups excluding carboxylic acids is 3. The van der Waals surface area contributed by atoms with Gasteiger partial charge < -0.3 is 10.1 Å². The van der Waals surface area contributed by atoms with E-state index in [-0.39, 0.29) is 10.6 Å². The predicted octanol–water partition coefficient (Wildman–Crippen LogP) is 4.67. The number of benzene rings is 2. The first kappa shape index (κ1) is 22.0. The summed E-state index contributed by atoms with van der Waals surface area (Å²) in [5.74, 6) is -0.962. The van der Waals surface area contributed by atoms with Gasteiger partial charge >= 0.3 is 0 Å². The highest BCUT2D eigenvalue weighted by molar-refractivity contribution is 14.1. The molecule has 0 spiro atoms. The van der Waals surface area contributed by atoms with E-state index in [1.807, 2.05) is 6.07 Å². The van der Waals surface area contributed by atoms with Gasteiger partial charge in [0.05, 0.1) is 8.48 Å². The molecule has 0 unspecified atom stereocenters. The molecule has 0 bridgehead atoms. The summed E-state index contributed by atoms with van der Waals surface area (Å²) in [6, 6.07) is 10.7. The van der Waals surface area contributed by atoms with Crippen molar-refractivity contribution < 1.29 is 23.5 Å². The van der Waals surface area contributed by atoms with Gasteiger partial charge in [-0.3, -0.25) is 19.3 Å². The number of imide groups is 1. The lowest BCUT2D eigenvalue weighted by atomic mass is 10.2. The number of nitrogens with zero attached hydrogens (tertiary/aromatic N) is 1. The number of carbonyl (C=O) groups is 3. The number of ether oxygens (including phenoxy) is 1. The summed E-state index contributed by atoms with van der Waals surface area (Å²) in [5, 5.41) is 1.93. The number of thioether (sulfide) groups is 1. The minimum absolute atomic E-state index is 0.217. The zero-order valence-electron chi connectivity index (χ0n) is 15.6. The second kappa shape index (κ2) is 9.90. The first-order chi connectivity index (χ1) is 14.4. The lowest BCUT2D eigenvalue weighted by molar-refractivity contribution is -0.127. The number of amides is 3. The maximum Gasteiger partial charge on any atom is 0.294 e. The Labute approximate surface area is 190 Å². The van der Waals surface area contributed by atoms with E-state index in [1.54, 1.807) is 24.3 Å². The fourth-order valence-corrected chi connectivity index (χ4v) is 4.10. The molecule has 2 aromatic carbocycles. The van der Waals surface area contributed by atoms with E-state index < -0.39 is 29.4 Å². The molecule has 0 aliphatic carbocycles. The second-order valence-corrected chi connectivity index (χ2v) is 8.27. The molecule has 0 aromatic heterocycles. The van der Waals surface area contributed by atoms with E-state index in [9.17, 15) is 18.8 Å². The van der Waals surface area contributed by atoms with Crippen molar-refractivity contribution in [2.75, 3.05) is 18.5 Å². The highest BCUT2D eigenvalue weighted by atomic mass is 127. The highest BCUT2D eigenvalue weighted by Gasteiger charge is 2.36. The molecule has 1 aliphatic heterocycles. The van der Waals surface area contributed by atoms with E-state index in [1.165, 1.54) is 18.2 Å². The van der Waals surface area contributed by atoms with Crippen LogP contribution in [-0.2, 0) is 9.59 Å². The van der Waals surface area contributed by atoms with Crippen LogP contribution >= 0.6 is 34.4 Å². The summed E-state index contributed by atoms with van der Waals surface area (Å²) < 4.78 is 19.6. The van der Waals surface area contributed by atoms with Crippen LogP contribution in [0.15, 0.2) is 60.0 Å². The molecule has 1 heterocycles. The van der Waals surface area contributed by atoms with Crippen LogP contribution in [0.1, 0.15) is 5.56 Å². The Hall–Kier alpha value is -2.66. The third kappa shape index (κ3) is 5.48. The van der Waals surface area contributed by atoms with Crippen LogP contribution in [0.5, 0.6) is 5.75 Å². The molecule has 1 aliphatic rings. The van der Waals surface area contributed by atoms with Gasteiger partial charge in [-0.1, -0.05) is 24.8 Å². The summed E-state index contributed by atoms with van der Waals surface area (Å²) in [7, 11) is 0. The Bertz CT molecular complexity index is 1060. The molecule has 0 atom stereocenters. The highest BCUT2D eigenvalue weighted by Crippen LogP contribution is 2.33. The number of anilines is 1. The van der Waals surface area contributed by atoms with Crippen LogP contribution in [0.4, 0.5) is 14.9 Å². The Kier molecular flexibility index (Phi) is 7.27. The van der Waals surface area contributed by atoms with Crippen LogP contribution in [0.25, 0.3) is 6.08 Å². The zero-order chi connectivity index (χ0) is 21.7. The molecule has 6 nitrogen and oxygen atoms in total. The SMILES string of the molecule is C=CCOc1ccc(/C=C2/SC(=O)N(CC(=O)Nc3cccc(F)c3)C2=O)cc1I. The van der Waals surface area contributed by atoms with Crippen molar-refractivity contribution in [1.29, 1.82) is 0 Å². The summed E-state index contributed by atoms with van der Waals surface area (Å²) in [6.45, 7) is 3.53. The lowest BCUT2D eigenvalue weighted by Gasteiger charge is -2.12. The van der Waals surface area contributed by atoms with Crippen molar-refractivity contribution in [2.24, 2.45) is 0 Å². The Morgan fingerprint density at radius 3 is 2.77 bits per heavy atom. The van der Waals surface area contributed by atoms with Gasteiger partial charge in [0.25, 0.3) is 11.1 Å². The Balaban J connectivity index is 1.68. The van der Waals surface area contributed by atoms with Crippen molar-refractivity contribution in [2.45, 2.75) is 0 Å². The van der Waals surface area contributed by atoms with E-state index in [0.717, 1.165) is 31.9 Å². The molecular weight excluding hydrogens is 522 g/mol. The topological polar surface area (TPSA) is 75.7 Å². The van der Waals surface area contributed by atoms with Gasteiger partial charge in [-0.25, -0.2) is 4.39 Å². The molecular formula is C21H16FIN2O4S. The van der Waals surface area contributed by atoms with Crippen LogP contribution in [0.2, 0.25) is 0 Å². The minimum Gasteiger partial charge on any atom is -0.488 e. The summed E-state index contributed by atoms with van der Waals surface area (Å²) in [4.78, 5) is 38.1. The van der Waals surface area contributed by atoms with E-state index in [4.69, 9.17) is 4.74 Å². The molecule has 0 radical (unpaired) electrons. The smallest absolute Gasteiger partial charge is 0.294 e. The van der Waals surface area contributed by atoms with Crippen LogP contribution < -0.4 is 10.1 Å². The second-order valence-electron chi connectivity index (χ2n) is 6.12. The number of hydrogen-bond donors (Lipinski definition) is 1. The van der Waals surface area contributed by atoms with Crippen molar-refractivity contribution in [1.82, 2.24) is 4.90 Å². The van der Waals surface area contributed by atoms with Crippen molar-refractivity contribution in [3.8, 4) is 5.75 Å². The molecule has 3 rings (SSSR count). The van der Waals surface area contributed by atoms with Crippen LogP contribution in [-0.4, -0.2) is 35.1 Å². The molecule has 9 heteroatoms. The van der Waals surface area contributed by atoms with Crippen molar-refractivity contribution in [3.05, 3.63) is 75.0 Å². The Morgan fingerprint density at radius 2 is 2.07 bits per heavy atom. The molecule has 30 heavy (non-hydrogen) atoms. The average molecular weight is 538 g/mol. The standard InChI is InChI=1S/C21H16FIN2O4S/c1-2-8-29-17-7-6-13(9-16(17)23)10-18-20(27)25(21(28)30-18)12-19(26)24-15-5-3-4-14(22)11-15/h2-7,9-11H,1,8,12H2,(H,24,26)/b18-10+. The maximum atomic E-state index is 13.2. The molecule has 2 aromatic rings. The third-order valence-electron chi connectivity index (χ3n) is 3.89. The van der Waals surface area contributed by atoms with Gasteiger partial charge in [0.15, 0.2) is 0 Å². The van der Waals surface area contributed by atoms with Gasteiger partial charge in [0.2, 0.25) is 5.91 Å². The van der Waals surface area contributed by atoms with Crippen molar-refractivity contribution >= 4 is 63.2 Å². The largest absolute Gasteiger partial charge is 0.488 e. The first-order valence-electron chi connectivity index (χ1n) is 8.71. The first-order valence-corrected chi connectivity index (χ1v) is 10.6. The molecule has 1 saturated heterocycles. The fourth-order valence-electron chi connectivity index (χ4n) is 2.57. The van der Waals surface area contributed by atoms with Crippen molar-refractivity contribution in [3.63, 3.8) is 0 Å². The van der Waals surface area contributed by atoms with Gasteiger partial charge in [-0.15, -0.1) is 0 Å². The van der Waals surface area contributed by atoms with Crippen LogP contribution in [0, 0.1) is 9.39 Å². The van der Waals surface area contributed by atoms with E-state index in [2.05, 4.69) is 34.5 Å². The number of rotatable bonds is 7. The monoisotopic (exact) mass is 538 g/mol. The predicted molar refractivity (Wildman–Crippen MR) is 123 cm³/mol. The van der Waals surface area contributed by atoms with E-state index >= 15 is 0 Å². The molecule has 1 fully saturated rings. The number of hydrogen-bond acceptors (Lipinski definition) is 5. The Morgan fingerprint density at radius 1 is 1.27 bits per heavy atom. The van der Waals surface area contributed by atoms with Gasteiger partial charge in [-0.05, 0) is 76.3 Å². The fraction of sp³-hybridized carbons (Fsp3) is 0.0952. The van der Waals surface area contributed by atoms with Gasteiger partial charge in [-0.2, -0.15) is 0 Å². The van der Waals surface area contributed by atoms with E-state index in [0.29, 0.717) is 12.4 Å². The maximum absolute atomic E-state index is 13.2. The average Bonchev–Trinajstić information content (AvgIpc) is 2.95. The van der Waals surface area contributed by atoms with Gasteiger partial charge in [0, 0.05) is 5.69 Å². The number of halogens is 2. The minimum atomic E-state index is -0.595. The molecule has 1 N–H and O–H groups in total. The summed E-state index contributed by atoms with van der Waals surface area (Å²) in [5.41, 5.74) is 0.968. The van der Waals surface area contributed by atoms with Crippen LogP contribution in [0.3, 0.4) is 0 Å². The normalized spacial score (nSPS) is 14.9. The quantitative estimate of drug-likeness (QED) is 0.315. The van der Waals surface area contributed by atoms with Gasteiger partial charge in [0.1, 0.15) is 24.7 Å². The third-order valence-corrected chi connectivity index (χ3v) is 5.64. The zero-order valence-corrected chi connectivity index (χ0v) is 18.5. The molecule has 154 valence electrons. The molecule has 3 amide bonds.